The molecule has 2 aromatic rings. The lowest BCUT2D eigenvalue weighted by Gasteiger charge is -2.09. The second-order valence-corrected chi connectivity index (χ2v) is 4.29. The molecule has 0 fully saturated rings. The van der Waals surface area contributed by atoms with Crippen molar-refractivity contribution in [2.75, 3.05) is 5.32 Å². The fourth-order valence-electron chi connectivity index (χ4n) is 1.76. The topological polar surface area (TPSA) is 44.9 Å². The standard InChI is InChI=1S/C14H16N2O/c1-9-4-5-10(2)13(8-9)16-14(17)12-6-7-15-11(12)3/h4-8,15H,1-3H3,(H,16,17). The Balaban J connectivity index is 2.24. The largest absolute Gasteiger partial charge is 0.365 e. The Hall–Kier alpha value is -2.03. The van der Waals surface area contributed by atoms with E-state index in [9.17, 15) is 4.79 Å². The van der Waals surface area contributed by atoms with E-state index < -0.39 is 0 Å². The molecule has 1 aromatic carbocycles. The second-order valence-electron chi connectivity index (χ2n) is 4.29. The van der Waals surface area contributed by atoms with Crippen molar-refractivity contribution >= 4 is 11.6 Å². The molecule has 3 nitrogen and oxygen atoms in total. The Labute approximate surface area is 101 Å². The van der Waals surface area contributed by atoms with Gasteiger partial charge in [0, 0.05) is 17.6 Å². The molecule has 3 heteroatoms. The van der Waals surface area contributed by atoms with Gasteiger partial charge >= 0.3 is 0 Å². The summed E-state index contributed by atoms with van der Waals surface area (Å²) < 4.78 is 0. The number of hydrogen-bond donors (Lipinski definition) is 2. The summed E-state index contributed by atoms with van der Waals surface area (Å²) in [5.74, 6) is -0.0718. The molecule has 2 rings (SSSR count). The van der Waals surface area contributed by atoms with Crippen LogP contribution in [0.1, 0.15) is 27.2 Å². The Morgan fingerprint density at radius 1 is 1.18 bits per heavy atom. The molecule has 0 bridgehead atoms. The zero-order valence-electron chi connectivity index (χ0n) is 10.3. The van der Waals surface area contributed by atoms with Crippen molar-refractivity contribution in [1.29, 1.82) is 0 Å². The summed E-state index contributed by atoms with van der Waals surface area (Å²) in [4.78, 5) is 15.0. The third-order valence-corrected chi connectivity index (χ3v) is 2.84. The highest BCUT2D eigenvalue weighted by Gasteiger charge is 2.10. The average molecular weight is 228 g/mol. The van der Waals surface area contributed by atoms with Gasteiger partial charge in [-0.05, 0) is 44.0 Å². The van der Waals surface area contributed by atoms with E-state index in [4.69, 9.17) is 0 Å². The van der Waals surface area contributed by atoms with Crippen LogP contribution in [0.3, 0.4) is 0 Å². The van der Waals surface area contributed by atoms with Gasteiger partial charge in [0.1, 0.15) is 0 Å². The lowest BCUT2D eigenvalue weighted by atomic mass is 10.1. The van der Waals surface area contributed by atoms with Crippen LogP contribution in [0.2, 0.25) is 0 Å². The monoisotopic (exact) mass is 228 g/mol. The lowest BCUT2D eigenvalue weighted by Crippen LogP contribution is -2.13. The van der Waals surface area contributed by atoms with E-state index in [1.807, 2.05) is 39.0 Å². The summed E-state index contributed by atoms with van der Waals surface area (Å²) >= 11 is 0. The maximum Gasteiger partial charge on any atom is 0.257 e. The highest BCUT2D eigenvalue weighted by molar-refractivity contribution is 6.05. The first-order chi connectivity index (χ1) is 8.08. The Morgan fingerprint density at radius 2 is 1.94 bits per heavy atom. The van der Waals surface area contributed by atoms with Crippen molar-refractivity contribution in [3.05, 3.63) is 52.8 Å². The summed E-state index contributed by atoms with van der Waals surface area (Å²) in [6.45, 7) is 5.88. The van der Waals surface area contributed by atoms with E-state index in [0.29, 0.717) is 5.56 Å². The molecule has 2 N–H and O–H groups in total. The van der Waals surface area contributed by atoms with Crippen LogP contribution in [0.25, 0.3) is 0 Å². The number of amides is 1. The summed E-state index contributed by atoms with van der Waals surface area (Å²) in [5, 5.41) is 2.94. The van der Waals surface area contributed by atoms with Crippen LogP contribution in [0.4, 0.5) is 5.69 Å². The second kappa shape index (κ2) is 4.45. The lowest BCUT2D eigenvalue weighted by molar-refractivity contribution is 0.102. The molecule has 1 heterocycles. The number of rotatable bonds is 2. The number of anilines is 1. The minimum atomic E-state index is -0.0718. The third kappa shape index (κ3) is 2.38. The van der Waals surface area contributed by atoms with Crippen molar-refractivity contribution in [2.45, 2.75) is 20.8 Å². The van der Waals surface area contributed by atoms with E-state index >= 15 is 0 Å². The van der Waals surface area contributed by atoms with Crippen molar-refractivity contribution < 1.29 is 4.79 Å². The number of aryl methyl sites for hydroxylation is 3. The number of hydrogen-bond acceptors (Lipinski definition) is 1. The van der Waals surface area contributed by atoms with Crippen LogP contribution in [0.15, 0.2) is 30.5 Å². The van der Waals surface area contributed by atoms with Gasteiger partial charge in [-0.25, -0.2) is 0 Å². The Kier molecular flexibility index (Phi) is 3.00. The van der Waals surface area contributed by atoms with Crippen LogP contribution in [-0.2, 0) is 0 Å². The number of H-pyrrole nitrogens is 1. The summed E-state index contributed by atoms with van der Waals surface area (Å²) in [7, 11) is 0. The van der Waals surface area contributed by atoms with Gasteiger partial charge in [0.15, 0.2) is 0 Å². The first-order valence-electron chi connectivity index (χ1n) is 5.60. The van der Waals surface area contributed by atoms with E-state index in [1.165, 1.54) is 0 Å². The average Bonchev–Trinajstić information content (AvgIpc) is 2.70. The fraction of sp³-hybridized carbons (Fsp3) is 0.214. The van der Waals surface area contributed by atoms with E-state index in [1.54, 1.807) is 12.3 Å². The molecular formula is C14H16N2O. The minimum Gasteiger partial charge on any atom is -0.365 e. The highest BCUT2D eigenvalue weighted by atomic mass is 16.1. The number of carbonyl (C=O) groups is 1. The SMILES string of the molecule is Cc1ccc(C)c(NC(=O)c2cc[nH]c2C)c1. The van der Waals surface area contributed by atoms with Crippen LogP contribution in [-0.4, -0.2) is 10.9 Å². The van der Waals surface area contributed by atoms with E-state index in [-0.39, 0.29) is 5.91 Å². The molecule has 0 aliphatic rings. The van der Waals surface area contributed by atoms with E-state index in [2.05, 4.69) is 10.3 Å². The molecule has 1 amide bonds. The van der Waals surface area contributed by atoms with Crippen molar-refractivity contribution in [3.63, 3.8) is 0 Å². The molecule has 1 aromatic heterocycles. The first-order valence-corrected chi connectivity index (χ1v) is 5.60. The highest BCUT2D eigenvalue weighted by Crippen LogP contribution is 2.18. The Morgan fingerprint density at radius 3 is 2.59 bits per heavy atom. The molecule has 0 unspecified atom stereocenters. The van der Waals surface area contributed by atoms with Gasteiger partial charge in [0.2, 0.25) is 0 Å². The molecule has 0 saturated heterocycles. The molecule has 0 saturated carbocycles. The van der Waals surface area contributed by atoms with Crippen molar-refractivity contribution in [2.24, 2.45) is 0 Å². The van der Waals surface area contributed by atoms with Gasteiger partial charge in [0.05, 0.1) is 5.56 Å². The van der Waals surface area contributed by atoms with Gasteiger partial charge in [-0.3, -0.25) is 4.79 Å². The minimum absolute atomic E-state index is 0.0718. The zero-order valence-corrected chi connectivity index (χ0v) is 10.3. The van der Waals surface area contributed by atoms with Gasteiger partial charge in [-0.2, -0.15) is 0 Å². The maximum absolute atomic E-state index is 12.0. The summed E-state index contributed by atoms with van der Waals surface area (Å²) in [6.07, 6.45) is 1.77. The number of benzene rings is 1. The van der Waals surface area contributed by atoms with Crippen LogP contribution < -0.4 is 5.32 Å². The first kappa shape index (κ1) is 11.5. The molecular weight excluding hydrogens is 212 g/mol. The van der Waals surface area contributed by atoms with Crippen LogP contribution in [0, 0.1) is 20.8 Å². The molecule has 0 atom stereocenters. The molecule has 17 heavy (non-hydrogen) atoms. The zero-order chi connectivity index (χ0) is 12.4. The molecule has 88 valence electrons. The van der Waals surface area contributed by atoms with Crippen LogP contribution in [0.5, 0.6) is 0 Å². The summed E-state index contributed by atoms with van der Waals surface area (Å²) in [6, 6.07) is 7.81. The van der Waals surface area contributed by atoms with Crippen molar-refractivity contribution in [3.8, 4) is 0 Å². The smallest absolute Gasteiger partial charge is 0.257 e. The summed E-state index contributed by atoms with van der Waals surface area (Å²) in [5.41, 5.74) is 4.64. The number of carbonyl (C=O) groups excluding carboxylic acids is 1. The number of nitrogens with one attached hydrogen (secondary N) is 2. The van der Waals surface area contributed by atoms with Gasteiger partial charge < -0.3 is 10.3 Å². The molecule has 0 radical (unpaired) electrons. The van der Waals surface area contributed by atoms with E-state index in [0.717, 1.165) is 22.5 Å². The van der Waals surface area contributed by atoms with Crippen molar-refractivity contribution in [1.82, 2.24) is 4.98 Å². The Bertz CT molecular complexity index is 555. The van der Waals surface area contributed by atoms with Crippen LogP contribution >= 0.6 is 0 Å². The molecule has 0 aliphatic heterocycles. The number of aromatic amines is 1. The quantitative estimate of drug-likeness (QED) is 0.814. The molecule has 0 aliphatic carbocycles. The molecule has 0 spiro atoms. The maximum atomic E-state index is 12.0. The third-order valence-electron chi connectivity index (χ3n) is 2.84. The number of aromatic nitrogens is 1. The fourth-order valence-corrected chi connectivity index (χ4v) is 1.76. The predicted octanol–water partition coefficient (Wildman–Crippen LogP) is 3.19. The van der Waals surface area contributed by atoms with Gasteiger partial charge in [-0.1, -0.05) is 12.1 Å². The predicted molar refractivity (Wildman–Crippen MR) is 69.4 cm³/mol. The normalized spacial score (nSPS) is 10.3. The van der Waals surface area contributed by atoms with Gasteiger partial charge in [0.25, 0.3) is 5.91 Å². The van der Waals surface area contributed by atoms with Gasteiger partial charge in [-0.15, -0.1) is 0 Å².